The minimum absolute atomic E-state index is 0.0224. The molecule has 1 aliphatic rings. The van der Waals surface area contributed by atoms with E-state index < -0.39 is 0 Å². The van der Waals surface area contributed by atoms with Crippen molar-refractivity contribution in [1.82, 2.24) is 4.90 Å². The average Bonchev–Trinajstić information content (AvgIpc) is 1.98. The van der Waals surface area contributed by atoms with Gasteiger partial charge in [-0.3, -0.25) is 0 Å². The van der Waals surface area contributed by atoms with Crippen molar-refractivity contribution < 1.29 is 9.84 Å². The molecule has 1 N–H and O–H groups in total. The van der Waals surface area contributed by atoms with E-state index in [4.69, 9.17) is 9.84 Å². The van der Waals surface area contributed by atoms with Crippen molar-refractivity contribution >= 4 is 0 Å². The second-order valence-corrected chi connectivity index (χ2v) is 3.75. The molecule has 3 nitrogen and oxygen atoms in total. The minimum atomic E-state index is -0.0224. The van der Waals surface area contributed by atoms with Crippen LogP contribution in [0.2, 0.25) is 0 Å². The summed E-state index contributed by atoms with van der Waals surface area (Å²) < 4.78 is 4.98. The summed E-state index contributed by atoms with van der Waals surface area (Å²) in [6.45, 7) is 2.88. The van der Waals surface area contributed by atoms with Gasteiger partial charge in [0.2, 0.25) is 0 Å². The lowest BCUT2D eigenvalue weighted by molar-refractivity contribution is 0.0251. The van der Waals surface area contributed by atoms with Crippen molar-refractivity contribution in [2.45, 2.75) is 18.9 Å². The van der Waals surface area contributed by atoms with E-state index in [0.717, 1.165) is 32.5 Å². The first-order valence-electron chi connectivity index (χ1n) is 4.58. The second-order valence-electron chi connectivity index (χ2n) is 3.75. The number of nitrogens with zero attached hydrogens (tertiary/aromatic N) is 1. The van der Waals surface area contributed by atoms with Crippen LogP contribution in [0.4, 0.5) is 0 Å². The van der Waals surface area contributed by atoms with Gasteiger partial charge in [0.1, 0.15) is 0 Å². The first kappa shape index (κ1) is 9.96. The third-order valence-electron chi connectivity index (χ3n) is 2.46. The Morgan fingerprint density at radius 3 is 2.67 bits per heavy atom. The van der Waals surface area contributed by atoms with Gasteiger partial charge in [0.05, 0.1) is 12.7 Å². The van der Waals surface area contributed by atoms with E-state index in [1.54, 1.807) is 7.11 Å². The van der Waals surface area contributed by atoms with E-state index in [1.807, 2.05) is 0 Å². The number of hydrogen-bond acceptors (Lipinski definition) is 3. The van der Waals surface area contributed by atoms with Crippen LogP contribution in [0.15, 0.2) is 0 Å². The van der Waals surface area contributed by atoms with Gasteiger partial charge < -0.3 is 14.7 Å². The molecular weight excluding hydrogens is 154 g/mol. The molecule has 0 saturated heterocycles. The normalized spacial score (nSPS) is 29.0. The quantitative estimate of drug-likeness (QED) is 0.650. The van der Waals surface area contributed by atoms with Crippen LogP contribution in [-0.2, 0) is 4.74 Å². The number of aliphatic hydroxyl groups excluding tert-OH is 1. The van der Waals surface area contributed by atoms with Crippen LogP contribution in [0.1, 0.15) is 12.8 Å². The molecule has 1 saturated carbocycles. The van der Waals surface area contributed by atoms with Gasteiger partial charge in [0.25, 0.3) is 0 Å². The zero-order valence-electron chi connectivity index (χ0n) is 7.99. The number of rotatable bonds is 5. The first-order valence-corrected chi connectivity index (χ1v) is 4.58. The SMILES string of the molecule is COCCN(C)CC1CC(O)C1. The van der Waals surface area contributed by atoms with Crippen molar-refractivity contribution in [3.63, 3.8) is 0 Å². The fourth-order valence-corrected chi connectivity index (χ4v) is 1.63. The number of likely N-dealkylation sites (N-methyl/N-ethyl adjacent to an activating group) is 1. The maximum Gasteiger partial charge on any atom is 0.0589 e. The minimum Gasteiger partial charge on any atom is -0.393 e. The van der Waals surface area contributed by atoms with Gasteiger partial charge in [0, 0.05) is 20.2 Å². The average molecular weight is 173 g/mol. The molecule has 0 amide bonds. The zero-order chi connectivity index (χ0) is 8.97. The molecule has 0 aromatic heterocycles. The molecule has 1 aliphatic carbocycles. The smallest absolute Gasteiger partial charge is 0.0589 e. The van der Waals surface area contributed by atoms with E-state index in [1.165, 1.54) is 0 Å². The standard InChI is InChI=1S/C9H19NO2/c1-10(3-4-12-2)7-8-5-9(11)6-8/h8-9,11H,3-7H2,1-2H3. The maximum atomic E-state index is 9.06. The highest BCUT2D eigenvalue weighted by molar-refractivity contribution is 4.80. The summed E-state index contributed by atoms with van der Waals surface area (Å²) in [6.07, 6.45) is 1.94. The highest BCUT2D eigenvalue weighted by Gasteiger charge is 2.27. The van der Waals surface area contributed by atoms with Gasteiger partial charge in [0.15, 0.2) is 0 Å². The molecule has 72 valence electrons. The van der Waals surface area contributed by atoms with Crippen LogP contribution in [-0.4, -0.2) is 50.0 Å². The van der Waals surface area contributed by atoms with Gasteiger partial charge in [-0.1, -0.05) is 0 Å². The lowest BCUT2D eigenvalue weighted by atomic mass is 9.82. The van der Waals surface area contributed by atoms with Gasteiger partial charge in [-0.15, -0.1) is 0 Å². The predicted molar refractivity (Wildman–Crippen MR) is 48.1 cm³/mol. The monoisotopic (exact) mass is 173 g/mol. The molecule has 0 heterocycles. The largest absolute Gasteiger partial charge is 0.393 e. The third-order valence-corrected chi connectivity index (χ3v) is 2.46. The number of hydrogen-bond donors (Lipinski definition) is 1. The Labute approximate surface area is 74.3 Å². The number of aliphatic hydroxyl groups is 1. The summed E-state index contributed by atoms with van der Waals surface area (Å²) in [5.74, 6) is 0.710. The molecule has 3 heteroatoms. The van der Waals surface area contributed by atoms with Gasteiger partial charge in [-0.25, -0.2) is 0 Å². The van der Waals surface area contributed by atoms with E-state index in [0.29, 0.717) is 5.92 Å². The van der Waals surface area contributed by atoms with Gasteiger partial charge in [-0.05, 0) is 25.8 Å². The van der Waals surface area contributed by atoms with E-state index in [2.05, 4.69) is 11.9 Å². The van der Waals surface area contributed by atoms with E-state index in [9.17, 15) is 0 Å². The molecule has 0 aromatic carbocycles. The Morgan fingerprint density at radius 1 is 1.50 bits per heavy atom. The molecule has 0 spiro atoms. The van der Waals surface area contributed by atoms with E-state index >= 15 is 0 Å². The van der Waals surface area contributed by atoms with Crippen LogP contribution in [0, 0.1) is 5.92 Å². The van der Waals surface area contributed by atoms with Gasteiger partial charge >= 0.3 is 0 Å². The van der Waals surface area contributed by atoms with E-state index in [-0.39, 0.29) is 6.10 Å². The van der Waals surface area contributed by atoms with Crippen molar-refractivity contribution in [3.05, 3.63) is 0 Å². The molecule has 1 fully saturated rings. The fraction of sp³-hybridized carbons (Fsp3) is 1.00. The summed E-state index contributed by atoms with van der Waals surface area (Å²) in [7, 11) is 3.82. The van der Waals surface area contributed by atoms with Crippen molar-refractivity contribution in [1.29, 1.82) is 0 Å². The molecule has 0 aliphatic heterocycles. The summed E-state index contributed by atoms with van der Waals surface area (Å²) in [5.41, 5.74) is 0. The number of methoxy groups -OCH3 is 1. The van der Waals surface area contributed by atoms with Crippen LogP contribution >= 0.6 is 0 Å². The number of ether oxygens (including phenoxy) is 1. The highest BCUT2D eigenvalue weighted by Crippen LogP contribution is 2.27. The lowest BCUT2D eigenvalue weighted by Gasteiger charge is -2.34. The summed E-state index contributed by atoms with van der Waals surface area (Å²) >= 11 is 0. The van der Waals surface area contributed by atoms with Gasteiger partial charge in [-0.2, -0.15) is 0 Å². The van der Waals surface area contributed by atoms with Crippen LogP contribution in [0.5, 0.6) is 0 Å². The third kappa shape index (κ3) is 3.09. The molecule has 0 radical (unpaired) electrons. The van der Waals surface area contributed by atoms with Crippen molar-refractivity contribution in [3.8, 4) is 0 Å². The second kappa shape index (κ2) is 4.80. The molecule has 0 atom stereocenters. The lowest BCUT2D eigenvalue weighted by Crippen LogP contribution is -2.38. The first-order chi connectivity index (χ1) is 5.72. The molecule has 0 unspecified atom stereocenters. The maximum absolute atomic E-state index is 9.06. The molecular formula is C9H19NO2. The van der Waals surface area contributed by atoms with Crippen LogP contribution in [0.3, 0.4) is 0 Å². The Morgan fingerprint density at radius 2 is 2.17 bits per heavy atom. The molecule has 0 bridgehead atoms. The Hall–Kier alpha value is -0.120. The molecule has 12 heavy (non-hydrogen) atoms. The summed E-state index contributed by atoms with van der Waals surface area (Å²) in [4.78, 5) is 2.26. The molecule has 1 rings (SSSR count). The fourth-order valence-electron chi connectivity index (χ4n) is 1.63. The van der Waals surface area contributed by atoms with Crippen LogP contribution < -0.4 is 0 Å². The summed E-state index contributed by atoms with van der Waals surface area (Å²) in [5, 5.41) is 9.06. The van der Waals surface area contributed by atoms with Crippen LogP contribution in [0.25, 0.3) is 0 Å². The topological polar surface area (TPSA) is 32.7 Å². The molecule has 0 aromatic rings. The Kier molecular flexibility index (Phi) is 3.98. The summed E-state index contributed by atoms with van der Waals surface area (Å²) in [6, 6.07) is 0. The van der Waals surface area contributed by atoms with Crippen molar-refractivity contribution in [2.24, 2.45) is 5.92 Å². The van der Waals surface area contributed by atoms with Crippen molar-refractivity contribution in [2.75, 3.05) is 33.9 Å². The predicted octanol–water partition coefficient (Wildman–Crippen LogP) is 0.335. The highest BCUT2D eigenvalue weighted by atomic mass is 16.5. The Balaban J connectivity index is 1.98. The Bertz CT molecular complexity index is 124. The zero-order valence-corrected chi connectivity index (χ0v) is 7.99.